The fraction of sp³-hybridized carbons (Fsp3) is 0.957. The normalized spacial score (nSPS) is 52.1. The van der Waals surface area contributed by atoms with E-state index in [1.54, 1.807) is 0 Å². The zero-order chi connectivity index (χ0) is 18.7. The zero-order valence-corrected chi connectivity index (χ0v) is 18.0. The van der Waals surface area contributed by atoms with E-state index >= 15 is 0 Å². The molecule has 148 valence electrons. The van der Waals surface area contributed by atoms with E-state index < -0.39 is 0 Å². The van der Waals surface area contributed by atoms with E-state index in [2.05, 4.69) is 27.7 Å². The highest BCUT2D eigenvalue weighted by Crippen LogP contribution is 2.66. The molecule has 1 unspecified atom stereocenters. The lowest BCUT2D eigenvalue weighted by molar-refractivity contribution is -0.143. The molecule has 0 bridgehead atoms. The van der Waals surface area contributed by atoms with E-state index in [9.17, 15) is 9.90 Å². The molecule has 4 rings (SSSR count). The Morgan fingerprint density at radius 3 is 2.69 bits per heavy atom. The number of fused-ring (bicyclic) bond motifs is 5. The van der Waals surface area contributed by atoms with Gasteiger partial charge >= 0.3 is 0 Å². The molecule has 1 N–H and O–H groups in total. The van der Waals surface area contributed by atoms with Crippen molar-refractivity contribution in [1.29, 1.82) is 0 Å². The quantitative estimate of drug-likeness (QED) is 0.707. The maximum absolute atomic E-state index is 12.6. The van der Waals surface area contributed by atoms with Crippen LogP contribution in [0.1, 0.15) is 85.5 Å². The Morgan fingerprint density at radius 2 is 1.96 bits per heavy atom. The molecular weight excluding hydrogens is 340 g/mol. The van der Waals surface area contributed by atoms with Crippen molar-refractivity contribution in [1.82, 2.24) is 0 Å². The van der Waals surface area contributed by atoms with Crippen LogP contribution in [0.15, 0.2) is 0 Å². The number of carbonyl (C=O) groups excluding carboxylic acids is 1. The van der Waals surface area contributed by atoms with Gasteiger partial charge in [0.1, 0.15) is 5.78 Å². The summed E-state index contributed by atoms with van der Waals surface area (Å²) in [6, 6.07) is 0. The Morgan fingerprint density at radius 1 is 1.19 bits per heavy atom. The van der Waals surface area contributed by atoms with Crippen molar-refractivity contribution in [3.8, 4) is 0 Å². The third-order valence-corrected chi connectivity index (χ3v) is 11.0. The summed E-state index contributed by atoms with van der Waals surface area (Å²) in [6.45, 7) is 9.33. The third-order valence-electron chi connectivity index (χ3n) is 9.35. The van der Waals surface area contributed by atoms with E-state index in [0.29, 0.717) is 27.6 Å². The largest absolute Gasteiger partial charge is 0.392 e. The summed E-state index contributed by atoms with van der Waals surface area (Å²) in [5, 5.41) is 12.1. The van der Waals surface area contributed by atoms with Crippen LogP contribution in [0.2, 0.25) is 0 Å². The molecule has 2 nitrogen and oxygen atoms in total. The zero-order valence-electron chi connectivity index (χ0n) is 17.2. The van der Waals surface area contributed by atoms with E-state index in [-0.39, 0.29) is 11.5 Å². The van der Waals surface area contributed by atoms with Gasteiger partial charge in [-0.15, -0.1) is 0 Å². The van der Waals surface area contributed by atoms with Crippen molar-refractivity contribution in [3.63, 3.8) is 0 Å². The monoisotopic (exact) mass is 378 g/mol. The Bertz CT molecular complexity index is 562. The van der Waals surface area contributed by atoms with Gasteiger partial charge in [0.25, 0.3) is 0 Å². The van der Waals surface area contributed by atoms with Crippen LogP contribution in [-0.2, 0) is 4.79 Å². The molecular formula is C23H38O2S. The van der Waals surface area contributed by atoms with Crippen LogP contribution in [0.3, 0.4) is 0 Å². The number of hydrogen-bond acceptors (Lipinski definition) is 3. The fourth-order valence-electron chi connectivity index (χ4n) is 7.57. The van der Waals surface area contributed by atoms with Crippen LogP contribution in [-0.4, -0.2) is 27.5 Å². The molecule has 4 saturated carbocycles. The number of ketones is 1. The summed E-state index contributed by atoms with van der Waals surface area (Å²) >= 11 is 2.03. The maximum atomic E-state index is 12.6. The average Bonchev–Trinajstić information content (AvgIpc) is 2.91. The summed E-state index contributed by atoms with van der Waals surface area (Å²) in [6.07, 6.45) is 10.2. The highest BCUT2D eigenvalue weighted by molar-refractivity contribution is 8.00. The third kappa shape index (κ3) is 2.82. The molecule has 4 aliphatic carbocycles. The first-order valence-corrected chi connectivity index (χ1v) is 12.1. The van der Waals surface area contributed by atoms with Crippen LogP contribution in [0, 0.1) is 34.5 Å². The number of aliphatic hydroxyl groups is 1. The van der Waals surface area contributed by atoms with Gasteiger partial charge in [-0.25, -0.2) is 0 Å². The summed E-state index contributed by atoms with van der Waals surface area (Å²) in [5.41, 5.74) is 0.272. The molecule has 0 saturated heterocycles. The molecule has 0 aliphatic heterocycles. The van der Waals surface area contributed by atoms with Crippen molar-refractivity contribution in [2.45, 2.75) is 102 Å². The first kappa shape index (κ1) is 19.3. The fourth-order valence-corrected chi connectivity index (χ4v) is 8.98. The van der Waals surface area contributed by atoms with Crippen LogP contribution < -0.4 is 0 Å². The summed E-state index contributed by atoms with van der Waals surface area (Å²) in [7, 11) is 0. The van der Waals surface area contributed by atoms with Gasteiger partial charge in [0.2, 0.25) is 0 Å². The molecule has 4 fully saturated rings. The molecule has 0 aromatic heterocycles. The van der Waals surface area contributed by atoms with E-state index in [4.69, 9.17) is 0 Å². The van der Waals surface area contributed by atoms with Crippen molar-refractivity contribution in [2.24, 2.45) is 34.5 Å². The van der Waals surface area contributed by atoms with Crippen LogP contribution >= 0.6 is 11.8 Å². The molecule has 0 heterocycles. The van der Waals surface area contributed by atoms with Gasteiger partial charge in [-0.2, -0.15) is 11.8 Å². The number of thioether (sulfide) groups is 1. The molecule has 0 aromatic rings. The van der Waals surface area contributed by atoms with Crippen molar-refractivity contribution >= 4 is 17.5 Å². The van der Waals surface area contributed by atoms with Gasteiger partial charge < -0.3 is 5.11 Å². The van der Waals surface area contributed by atoms with Crippen LogP contribution in [0.25, 0.3) is 0 Å². The molecule has 0 amide bonds. The lowest BCUT2D eigenvalue weighted by atomic mass is 9.45. The van der Waals surface area contributed by atoms with Crippen molar-refractivity contribution < 1.29 is 9.90 Å². The van der Waals surface area contributed by atoms with Gasteiger partial charge in [-0.05, 0) is 80.5 Å². The van der Waals surface area contributed by atoms with E-state index in [0.717, 1.165) is 43.4 Å². The van der Waals surface area contributed by atoms with Gasteiger partial charge in [-0.3, -0.25) is 4.79 Å². The first-order chi connectivity index (χ1) is 12.3. The summed E-state index contributed by atoms with van der Waals surface area (Å²) in [5.74, 6) is 3.40. The smallest absolute Gasteiger partial charge is 0.139 e. The van der Waals surface area contributed by atoms with E-state index in [1.807, 2.05) is 11.8 Å². The SMILES string of the molecule is CCC(C)S[C@H]1C[C@@H]2CC[C@@H]3[C@H](CC[C@]4(C)C(=O)CC[C@@H]34)[C@@]2(C)C[C@@H]1O. The van der Waals surface area contributed by atoms with Crippen LogP contribution in [0.5, 0.6) is 0 Å². The lowest BCUT2D eigenvalue weighted by Gasteiger charge is -2.61. The minimum Gasteiger partial charge on any atom is -0.392 e. The average molecular weight is 379 g/mol. The Hall–Kier alpha value is -0.0200. The van der Waals surface area contributed by atoms with Gasteiger partial charge in [0, 0.05) is 22.3 Å². The first-order valence-electron chi connectivity index (χ1n) is 11.2. The minimum atomic E-state index is -0.146. The Kier molecular flexibility index (Phi) is 5.04. The number of rotatable bonds is 3. The topological polar surface area (TPSA) is 37.3 Å². The van der Waals surface area contributed by atoms with Crippen molar-refractivity contribution in [3.05, 3.63) is 0 Å². The second-order valence-electron chi connectivity index (χ2n) is 10.5. The maximum Gasteiger partial charge on any atom is 0.139 e. The molecule has 0 spiro atoms. The van der Waals surface area contributed by atoms with E-state index in [1.165, 1.54) is 32.1 Å². The lowest BCUT2D eigenvalue weighted by Crippen LogP contribution is -2.56. The summed E-state index contributed by atoms with van der Waals surface area (Å²) < 4.78 is 0. The molecule has 26 heavy (non-hydrogen) atoms. The molecule has 9 atom stereocenters. The Labute approximate surface area is 164 Å². The molecule has 0 radical (unpaired) electrons. The molecule has 3 heteroatoms. The highest BCUT2D eigenvalue weighted by Gasteiger charge is 2.61. The number of Topliss-reactive ketones (excluding diaryl/α,β-unsaturated/α-hetero) is 1. The molecule has 4 aliphatic rings. The number of carbonyl (C=O) groups is 1. The molecule has 0 aromatic carbocycles. The van der Waals surface area contributed by atoms with Gasteiger partial charge in [0.15, 0.2) is 0 Å². The second-order valence-corrected chi connectivity index (χ2v) is 12.2. The number of aliphatic hydroxyl groups excluding tert-OH is 1. The van der Waals surface area contributed by atoms with Gasteiger partial charge in [-0.1, -0.05) is 27.7 Å². The predicted octanol–water partition coefficient (Wildman–Crippen LogP) is 5.47. The Balaban J connectivity index is 1.54. The highest BCUT2D eigenvalue weighted by atomic mass is 32.2. The van der Waals surface area contributed by atoms with Crippen molar-refractivity contribution in [2.75, 3.05) is 0 Å². The summed E-state index contributed by atoms with van der Waals surface area (Å²) in [4.78, 5) is 12.6. The standard InChI is InChI=1S/C23H38O2S/c1-5-14(2)26-20-12-15-6-7-16-17-8-9-21(25)22(17,3)11-10-18(16)23(15,4)13-19(20)24/h14-20,24H,5-13H2,1-4H3/t14?,15-,16-,17-,18-,19-,20-,22-,23-/m0/s1. The van der Waals surface area contributed by atoms with Crippen LogP contribution in [0.4, 0.5) is 0 Å². The van der Waals surface area contributed by atoms with Gasteiger partial charge in [0.05, 0.1) is 6.10 Å². The number of hydrogen-bond donors (Lipinski definition) is 1. The second kappa shape index (κ2) is 6.79. The predicted molar refractivity (Wildman–Crippen MR) is 109 cm³/mol. The minimum absolute atomic E-state index is 0.0212.